The Bertz CT molecular complexity index is 1660. The number of nitrogen functional groups attached to an aromatic ring is 3. The Labute approximate surface area is 338 Å². The van der Waals surface area contributed by atoms with Crippen molar-refractivity contribution in [2.45, 2.75) is 40.5 Å². The van der Waals surface area contributed by atoms with Gasteiger partial charge < -0.3 is 76.1 Å². The number of thiocarbonyl (C=S) groups is 1. The first-order valence-corrected chi connectivity index (χ1v) is 15.5. The van der Waals surface area contributed by atoms with Gasteiger partial charge in [0.1, 0.15) is 22.9 Å². The van der Waals surface area contributed by atoms with Crippen LogP contribution in [0.3, 0.4) is 0 Å². The van der Waals surface area contributed by atoms with Gasteiger partial charge in [0.15, 0.2) is 4.77 Å². The third kappa shape index (κ3) is 12.6. The number of fused-ring (bicyclic) bond motifs is 4. The van der Waals surface area contributed by atoms with Gasteiger partial charge >= 0.3 is 51.4 Å². The molecule has 9 N–H and O–H groups in total. The van der Waals surface area contributed by atoms with Crippen LogP contribution in [0.5, 0.6) is 17.2 Å². The number of nitro benzene ring substituents is 1. The third-order valence-electron chi connectivity index (χ3n) is 6.52. The van der Waals surface area contributed by atoms with Crippen LogP contribution in [-0.2, 0) is 36.6 Å². The molecule has 0 unspecified atom stereocenters. The maximum Gasteiger partial charge on any atom is 1.00 e. The number of nitrogens with one attached hydrogen (secondary N) is 2. The second-order valence-corrected chi connectivity index (χ2v) is 11.2. The molecule has 0 fully saturated rings. The van der Waals surface area contributed by atoms with Gasteiger partial charge in [-0.1, -0.05) is 7.43 Å². The van der Waals surface area contributed by atoms with E-state index in [2.05, 4.69) is 45.6 Å². The van der Waals surface area contributed by atoms with Gasteiger partial charge in [-0.2, -0.15) is 0 Å². The number of anilines is 3. The number of imidazole rings is 1. The van der Waals surface area contributed by atoms with E-state index in [1.807, 2.05) is 19.1 Å². The molecule has 0 bridgehead atoms. The van der Waals surface area contributed by atoms with Crippen molar-refractivity contribution >= 4 is 75.2 Å². The molecule has 0 saturated heterocycles. The second kappa shape index (κ2) is 21.4. The summed E-state index contributed by atoms with van der Waals surface area (Å²) in [5.74, 6) is 2.45. The van der Waals surface area contributed by atoms with Gasteiger partial charge in [0, 0.05) is 47.9 Å². The Hall–Kier alpha value is -2.74. The van der Waals surface area contributed by atoms with E-state index in [9.17, 15) is 10.1 Å². The number of hydrogen-bond acceptors (Lipinski definition) is 13. The van der Waals surface area contributed by atoms with E-state index in [-0.39, 0.29) is 81.2 Å². The number of nitrogens with two attached hydrogens (primary N) is 3. The molecule has 4 aromatic rings. The zero-order valence-electron chi connectivity index (χ0n) is 26.4. The van der Waals surface area contributed by atoms with E-state index in [1.54, 1.807) is 19.1 Å². The third-order valence-corrected chi connectivity index (χ3v) is 6.96. The van der Waals surface area contributed by atoms with Crippen LogP contribution in [0.4, 0.5) is 22.7 Å². The maximum atomic E-state index is 10.5. The SMILES string of the molecule is C.CCO.CCOC(=S)[S-].Nc1cc2c(cc1N)OCC2.Nc1cc2c(cc1[N+](=O)[O-])OCC2.S=c1[nH]c2cc3c(cc2[nH]1)OCC3.[K+]. The average molecular weight is 745 g/mol. The largest absolute Gasteiger partial charge is 1.00 e. The van der Waals surface area contributed by atoms with Gasteiger partial charge in [-0.05, 0) is 55.4 Å². The summed E-state index contributed by atoms with van der Waals surface area (Å²) in [5.41, 5.74) is 23.5. The van der Waals surface area contributed by atoms with Crippen LogP contribution in [0.1, 0.15) is 38.0 Å². The molecule has 0 radical (unpaired) electrons. The van der Waals surface area contributed by atoms with Crippen molar-refractivity contribution in [3.05, 3.63) is 68.0 Å². The number of aromatic amines is 2. The second-order valence-electron chi connectivity index (χ2n) is 9.74. The van der Waals surface area contributed by atoms with Gasteiger partial charge in [0.2, 0.25) is 0 Å². The number of aliphatic hydroxyl groups is 1. The van der Waals surface area contributed by atoms with Crippen LogP contribution in [0.15, 0.2) is 36.4 Å². The summed E-state index contributed by atoms with van der Waals surface area (Å²) in [5, 5.41) is 18.1. The molecule has 48 heavy (non-hydrogen) atoms. The summed E-state index contributed by atoms with van der Waals surface area (Å²) < 4.78 is 21.4. The molecule has 13 nitrogen and oxygen atoms in total. The van der Waals surface area contributed by atoms with Gasteiger partial charge in [-0.25, -0.2) is 0 Å². The smallest absolute Gasteiger partial charge is 0.514 e. The fraction of sp³-hybridized carbons (Fsp3) is 0.355. The standard InChI is InChI=1S/C9H8N2OS.C8H8N2O3.C8H10N2O.C3H6OS2.C2H6O.CH4.K/c13-9-10-6-3-5-1-2-12-8(5)4-7(6)11-9;9-6-3-5-1-2-13-8(5)4-7(6)10(11)12;9-6-3-5-1-2-11-8(5)4-7(6)10;1-2-4-3(5)6;1-2-3;;/h3-4H,1-2H2,(H2,10,11,13);3-4H,1-2,9H2;3-4H,1-2,9-10H2;2H2,1H3,(H,5,6);3H,2H2,1H3;1H4;/q;;;;;;+1/p-1. The molecular formula is C31H41KN6O7S3. The van der Waals surface area contributed by atoms with Crippen LogP contribution in [0, 0.1) is 14.9 Å². The molecular weight excluding hydrogens is 704 g/mol. The predicted molar refractivity (Wildman–Crippen MR) is 195 cm³/mol. The number of benzene rings is 3. The number of aromatic nitrogens is 2. The van der Waals surface area contributed by atoms with Crippen LogP contribution in [0.2, 0.25) is 0 Å². The normalized spacial score (nSPS) is 12.1. The Balaban J connectivity index is 0.000000316. The fourth-order valence-corrected chi connectivity index (χ4v) is 4.93. The van der Waals surface area contributed by atoms with E-state index in [0.29, 0.717) is 35.1 Å². The molecule has 3 aliphatic heterocycles. The minimum absolute atomic E-state index is 0. The van der Waals surface area contributed by atoms with Crippen molar-refractivity contribution in [2.75, 3.05) is 50.2 Å². The van der Waals surface area contributed by atoms with Crippen LogP contribution < -0.4 is 82.8 Å². The number of nitro groups is 1. The number of nitrogens with zero attached hydrogens (tertiary/aromatic N) is 1. The van der Waals surface area contributed by atoms with Crippen molar-refractivity contribution in [1.82, 2.24) is 9.97 Å². The summed E-state index contributed by atoms with van der Waals surface area (Å²) >= 11 is 13.8. The predicted octanol–water partition coefficient (Wildman–Crippen LogP) is 2.55. The van der Waals surface area contributed by atoms with E-state index in [1.165, 1.54) is 11.6 Å². The average Bonchev–Trinajstić information content (AvgIpc) is 3.79. The van der Waals surface area contributed by atoms with E-state index >= 15 is 0 Å². The van der Waals surface area contributed by atoms with E-state index in [4.69, 9.17) is 48.7 Å². The van der Waals surface area contributed by atoms with Crippen molar-refractivity contribution in [2.24, 2.45) is 0 Å². The molecule has 4 heterocycles. The van der Waals surface area contributed by atoms with Crippen molar-refractivity contribution in [3.63, 3.8) is 0 Å². The molecule has 0 spiro atoms. The zero-order valence-corrected chi connectivity index (χ0v) is 32.0. The number of H-pyrrole nitrogens is 2. The number of aliphatic hydroxyl groups excluding tert-OH is 1. The molecule has 0 aliphatic carbocycles. The number of ether oxygens (including phenoxy) is 4. The summed E-state index contributed by atoms with van der Waals surface area (Å²) in [6.07, 6.45) is 2.72. The minimum Gasteiger partial charge on any atom is -0.514 e. The van der Waals surface area contributed by atoms with Gasteiger partial charge in [0.05, 0.1) is 59.8 Å². The first kappa shape index (κ1) is 43.3. The van der Waals surface area contributed by atoms with Crippen LogP contribution in [-0.4, -0.2) is 57.4 Å². The van der Waals surface area contributed by atoms with E-state index in [0.717, 1.165) is 66.1 Å². The molecule has 17 heteroatoms. The monoisotopic (exact) mass is 744 g/mol. The van der Waals surface area contributed by atoms with Crippen molar-refractivity contribution < 1.29 is 80.4 Å². The first-order chi connectivity index (χ1) is 22.0. The summed E-state index contributed by atoms with van der Waals surface area (Å²) in [6, 6.07) is 10.8. The van der Waals surface area contributed by atoms with Crippen LogP contribution >= 0.6 is 24.4 Å². The summed E-state index contributed by atoms with van der Waals surface area (Å²) in [6.45, 7) is 6.48. The molecule has 7 rings (SSSR count). The molecule has 0 amide bonds. The van der Waals surface area contributed by atoms with Crippen molar-refractivity contribution in [3.8, 4) is 17.2 Å². The molecule has 3 aromatic carbocycles. The van der Waals surface area contributed by atoms with Gasteiger partial charge in [-0.3, -0.25) is 10.1 Å². The van der Waals surface area contributed by atoms with Crippen molar-refractivity contribution in [1.29, 1.82) is 0 Å². The molecule has 0 atom stereocenters. The Morgan fingerprint density at radius 3 is 1.75 bits per heavy atom. The molecule has 1 aromatic heterocycles. The molecule has 0 saturated carbocycles. The fourth-order valence-electron chi connectivity index (χ4n) is 4.48. The minimum atomic E-state index is -0.503. The van der Waals surface area contributed by atoms with Crippen LogP contribution in [0.25, 0.3) is 11.0 Å². The van der Waals surface area contributed by atoms with E-state index < -0.39 is 4.92 Å². The molecule has 3 aliphatic rings. The Morgan fingerprint density at radius 2 is 1.29 bits per heavy atom. The maximum absolute atomic E-state index is 10.5. The Morgan fingerprint density at radius 1 is 0.875 bits per heavy atom. The summed E-state index contributed by atoms with van der Waals surface area (Å²) in [4.78, 5) is 16.1. The van der Waals surface area contributed by atoms with Gasteiger partial charge in [-0.15, -0.1) is 0 Å². The zero-order chi connectivity index (χ0) is 33.8. The van der Waals surface area contributed by atoms with Gasteiger partial charge in [0.25, 0.3) is 5.69 Å². The quantitative estimate of drug-likeness (QED) is 0.0436. The Kier molecular flexibility index (Phi) is 19.3. The topological polar surface area (TPSA) is 210 Å². The molecule has 256 valence electrons. The first-order valence-electron chi connectivity index (χ1n) is 14.3. The number of rotatable bonds is 2. The number of hydrogen-bond donors (Lipinski definition) is 6. The summed E-state index contributed by atoms with van der Waals surface area (Å²) in [7, 11) is 0.